The SMILES string of the molecule is O=C(Nc1ncn[nH]1)c1ccc(-n2cccc2)cc1. The number of nitrogens with one attached hydrogen (secondary N) is 2. The largest absolute Gasteiger partial charge is 0.324 e. The number of aromatic nitrogens is 4. The molecule has 2 aromatic heterocycles. The van der Waals surface area contributed by atoms with Gasteiger partial charge in [0.1, 0.15) is 6.33 Å². The third kappa shape index (κ3) is 2.37. The van der Waals surface area contributed by atoms with E-state index in [2.05, 4.69) is 20.5 Å². The lowest BCUT2D eigenvalue weighted by Crippen LogP contribution is -2.13. The Labute approximate surface area is 109 Å². The fourth-order valence-electron chi connectivity index (χ4n) is 1.74. The van der Waals surface area contributed by atoms with Crippen LogP contribution in [-0.4, -0.2) is 25.7 Å². The van der Waals surface area contributed by atoms with Crippen LogP contribution in [0.25, 0.3) is 5.69 Å². The fourth-order valence-corrected chi connectivity index (χ4v) is 1.74. The van der Waals surface area contributed by atoms with Crippen LogP contribution in [0.15, 0.2) is 55.1 Å². The number of hydrogen-bond donors (Lipinski definition) is 2. The molecule has 6 heteroatoms. The minimum Gasteiger partial charge on any atom is -0.324 e. The number of hydrogen-bond acceptors (Lipinski definition) is 3. The second-order valence-electron chi connectivity index (χ2n) is 3.93. The van der Waals surface area contributed by atoms with Gasteiger partial charge < -0.3 is 4.57 Å². The van der Waals surface area contributed by atoms with Gasteiger partial charge in [0.25, 0.3) is 5.91 Å². The molecule has 2 N–H and O–H groups in total. The first-order valence-electron chi connectivity index (χ1n) is 5.73. The number of carbonyl (C=O) groups is 1. The van der Waals surface area contributed by atoms with E-state index in [1.165, 1.54) is 6.33 Å². The summed E-state index contributed by atoms with van der Waals surface area (Å²) in [4.78, 5) is 15.7. The number of carbonyl (C=O) groups excluding carboxylic acids is 1. The van der Waals surface area contributed by atoms with Gasteiger partial charge in [0, 0.05) is 23.6 Å². The molecule has 3 rings (SSSR count). The summed E-state index contributed by atoms with van der Waals surface area (Å²) in [5, 5.41) is 8.85. The first-order valence-corrected chi connectivity index (χ1v) is 5.73. The molecule has 2 heterocycles. The molecule has 0 radical (unpaired) electrons. The maximum absolute atomic E-state index is 11.9. The van der Waals surface area contributed by atoms with Crippen LogP contribution >= 0.6 is 0 Å². The second-order valence-corrected chi connectivity index (χ2v) is 3.93. The van der Waals surface area contributed by atoms with E-state index < -0.39 is 0 Å². The van der Waals surface area contributed by atoms with E-state index in [0.29, 0.717) is 11.5 Å². The van der Waals surface area contributed by atoms with Gasteiger partial charge >= 0.3 is 0 Å². The molecule has 0 fully saturated rings. The highest BCUT2D eigenvalue weighted by Crippen LogP contribution is 2.11. The van der Waals surface area contributed by atoms with Crippen LogP contribution in [0.5, 0.6) is 0 Å². The lowest BCUT2D eigenvalue weighted by Gasteiger charge is -2.05. The molecule has 1 aromatic carbocycles. The Kier molecular flexibility index (Phi) is 2.82. The highest BCUT2D eigenvalue weighted by atomic mass is 16.1. The predicted molar refractivity (Wildman–Crippen MR) is 70.1 cm³/mol. The zero-order valence-corrected chi connectivity index (χ0v) is 9.95. The smallest absolute Gasteiger partial charge is 0.258 e. The minimum absolute atomic E-state index is 0.226. The van der Waals surface area contributed by atoms with E-state index in [0.717, 1.165) is 5.69 Å². The Morgan fingerprint density at radius 2 is 1.89 bits per heavy atom. The average molecular weight is 253 g/mol. The van der Waals surface area contributed by atoms with Gasteiger partial charge in [-0.2, -0.15) is 10.1 Å². The highest BCUT2D eigenvalue weighted by Gasteiger charge is 2.07. The zero-order chi connectivity index (χ0) is 13.1. The lowest BCUT2D eigenvalue weighted by molar-refractivity contribution is 0.102. The molecule has 6 nitrogen and oxygen atoms in total. The van der Waals surface area contributed by atoms with Crippen LogP contribution < -0.4 is 5.32 Å². The van der Waals surface area contributed by atoms with E-state index in [-0.39, 0.29) is 5.91 Å². The molecule has 0 bridgehead atoms. The summed E-state index contributed by atoms with van der Waals surface area (Å²) in [6.45, 7) is 0. The number of H-pyrrole nitrogens is 1. The van der Waals surface area contributed by atoms with Gasteiger partial charge in [-0.05, 0) is 36.4 Å². The number of nitrogens with zero attached hydrogens (tertiary/aromatic N) is 3. The molecule has 0 saturated heterocycles. The Hall–Kier alpha value is -2.89. The quantitative estimate of drug-likeness (QED) is 0.748. The number of rotatable bonds is 3. The molecule has 0 unspecified atom stereocenters. The van der Waals surface area contributed by atoms with Crippen molar-refractivity contribution in [3.8, 4) is 5.69 Å². The van der Waals surface area contributed by atoms with E-state index in [1.807, 2.05) is 41.2 Å². The van der Waals surface area contributed by atoms with Crippen molar-refractivity contribution in [3.05, 3.63) is 60.7 Å². The summed E-state index contributed by atoms with van der Waals surface area (Å²) < 4.78 is 1.97. The number of aromatic amines is 1. The van der Waals surface area contributed by atoms with Crippen LogP contribution in [-0.2, 0) is 0 Å². The summed E-state index contributed by atoms with van der Waals surface area (Å²) >= 11 is 0. The van der Waals surface area contributed by atoms with E-state index in [9.17, 15) is 4.79 Å². The third-order valence-corrected chi connectivity index (χ3v) is 2.68. The van der Waals surface area contributed by atoms with E-state index in [4.69, 9.17) is 0 Å². The molecule has 0 aliphatic carbocycles. The normalized spacial score (nSPS) is 10.3. The molecule has 0 aliphatic heterocycles. The Morgan fingerprint density at radius 1 is 1.16 bits per heavy atom. The molecule has 0 spiro atoms. The maximum Gasteiger partial charge on any atom is 0.258 e. The van der Waals surface area contributed by atoms with Crippen molar-refractivity contribution in [3.63, 3.8) is 0 Å². The minimum atomic E-state index is -0.226. The van der Waals surface area contributed by atoms with Crippen LogP contribution in [0.3, 0.4) is 0 Å². The van der Waals surface area contributed by atoms with Crippen LogP contribution in [0.1, 0.15) is 10.4 Å². The van der Waals surface area contributed by atoms with Gasteiger partial charge in [0.2, 0.25) is 5.95 Å². The van der Waals surface area contributed by atoms with Crippen molar-refractivity contribution in [1.82, 2.24) is 19.7 Å². The van der Waals surface area contributed by atoms with Crippen molar-refractivity contribution in [2.75, 3.05) is 5.32 Å². The van der Waals surface area contributed by atoms with Crippen molar-refractivity contribution in [2.45, 2.75) is 0 Å². The van der Waals surface area contributed by atoms with Crippen LogP contribution in [0.2, 0.25) is 0 Å². The molecule has 0 aliphatic rings. The van der Waals surface area contributed by atoms with Gasteiger partial charge in [-0.15, -0.1) is 0 Å². The molecular weight excluding hydrogens is 242 g/mol. The third-order valence-electron chi connectivity index (χ3n) is 2.68. The van der Waals surface area contributed by atoms with Crippen molar-refractivity contribution < 1.29 is 4.79 Å². The average Bonchev–Trinajstić information content (AvgIpc) is 3.12. The lowest BCUT2D eigenvalue weighted by atomic mass is 10.2. The second kappa shape index (κ2) is 4.77. The first-order chi connectivity index (χ1) is 9.33. The summed E-state index contributed by atoms with van der Waals surface area (Å²) in [6, 6.07) is 11.2. The molecule has 94 valence electrons. The number of benzene rings is 1. The molecule has 19 heavy (non-hydrogen) atoms. The first kappa shape index (κ1) is 11.2. The van der Waals surface area contributed by atoms with Gasteiger partial charge in [-0.1, -0.05) is 0 Å². The fraction of sp³-hybridized carbons (Fsp3) is 0. The maximum atomic E-state index is 11.9. The Balaban J connectivity index is 1.77. The van der Waals surface area contributed by atoms with Crippen molar-refractivity contribution in [2.24, 2.45) is 0 Å². The van der Waals surface area contributed by atoms with Crippen molar-refractivity contribution in [1.29, 1.82) is 0 Å². The van der Waals surface area contributed by atoms with E-state index in [1.54, 1.807) is 12.1 Å². The molecular formula is C13H11N5O. The number of amides is 1. The van der Waals surface area contributed by atoms with Gasteiger partial charge in [0.05, 0.1) is 0 Å². The summed E-state index contributed by atoms with van der Waals surface area (Å²) in [5.74, 6) is 0.107. The Morgan fingerprint density at radius 3 is 2.53 bits per heavy atom. The van der Waals surface area contributed by atoms with Gasteiger partial charge in [-0.25, -0.2) is 5.10 Å². The molecule has 0 saturated carbocycles. The van der Waals surface area contributed by atoms with Crippen molar-refractivity contribution >= 4 is 11.9 Å². The molecule has 0 atom stereocenters. The molecule has 1 amide bonds. The van der Waals surface area contributed by atoms with Crippen LogP contribution in [0, 0.1) is 0 Å². The summed E-state index contributed by atoms with van der Waals surface area (Å²) in [7, 11) is 0. The molecule has 3 aromatic rings. The predicted octanol–water partition coefficient (Wildman–Crippen LogP) is 1.85. The number of anilines is 1. The van der Waals surface area contributed by atoms with Crippen LogP contribution in [0.4, 0.5) is 5.95 Å². The highest BCUT2D eigenvalue weighted by molar-refractivity contribution is 6.03. The Bertz CT molecular complexity index is 656. The monoisotopic (exact) mass is 253 g/mol. The summed E-state index contributed by atoms with van der Waals surface area (Å²) in [5.41, 5.74) is 1.56. The standard InChI is InChI=1S/C13H11N5O/c19-12(16-13-14-9-15-17-13)10-3-5-11(6-4-10)18-7-1-2-8-18/h1-9H,(H2,14,15,16,17,19). The zero-order valence-electron chi connectivity index (χ0n) is 9.95. The van der Waals surface area contributed by atoms with Gasteiger partial charge in [-0.3, -0.25) is 10.1 Å². The summed E-state index contributed by atoms with van der Waals surface area (Å²) in [6.07, 6.45) is 5.23. The van der Waals surface area contributed by atoms with E-state index >= 15 is 0 Å². The van der Waals surface area contributed by atoms with Gasteiger partial charge in [0.15, 0.2) is 0 Å². The topological polar surface area (TPSA) is 75.6 Å².